The molecular formula is C19H20N2O4. The fraction of sp³-hybridized carbons (Fsp3) is 0.211. The number of aryl methyl sites for hydroxylation is 1. The standard InChI is InChI=1S/C19H20N2O4/c1-14-7-9-16(10-8-14)21-18(23)13-25-19(24)12-20-17(22)11-15-5-3-2-4-6-15/h2-10H,11-13H2,1H3,(H,20,22)(H,21,23). The predicted molar refractivity (Wildman–Crippen MR) is 93.9 cm³/mol. The van der Waals surface area contributed by atoms with Gasteiger partial charge in [-0.05, 0) is 24.6 Å². The first-order valence-electron chi connectivity index (χ1n) is 7.85. The SMILES string of the molecule is Cc1ccc(NC(=O)COC(=O)CNC(=O)Cc2ccccc2)cc1. The molecule has 0 heterocycles. The topological polar surface area (TPSA) is 84.5 Å². The Labute approximate surface area is 146 Å². The number of amides is 2. The van der Waals surface area contributed by atoms with Crippen molar-refractivity contribution >= 4 is 23.5 Å². The summed E-state index contributed by atoms with van der Waals surface area (Å²) in [6, 6.07) is 16.4. The molecule has 0 aromatic heterocycles. The molecule has 25 heavy (non-hydrogen) atoms. The van der Waals surface area contributed by atoms with Crippen LogP contribution in [-0.4, -0.2) is 30.9 Å². The molecule has 0 saturated heterocycles. The number of hydrogen-bond acceptors (Lipinski definition) is 4. The monoisotopic (exact) mass is 340 g/mol. The zero-order valence-electron chi connectivity index (χ0n) is 14.0. The minimum atomic E-state index is -0.666. The largest absolute Gasteiger partial charge is 0.454 e. The summed E-state index contributed by atoms with van der Waals surface area (Å²) in [6.45, 7) is 1.27. The van der Waals surface area contributed by atoms with Gasteiger partial charge in [0.2, 0.25) is 5.91 Å². The second kappa shape index (κ2) is 9.22. The van der Waals surface area contributed by atoms with Crippen molar-refractivity contribution in [3.8, 4) is 0 Å². The first-order valence-corrected chi connectivity index (χ1v) is 7.85. The van der Waals surface area contributed by atoms with Crippen LogP contribution in [0.25, 0.3) is 0 Å². The Morgan fingerprint density at radius 3 is 2.28 bits per heavy atom. The molecule has 2 aromatic carbocycles. The maximum absolute atomic E-state index is 11.7. The molecule has 0 saturated carbocycles. The molecule has 2 aromatic rings. The van der Waals surface area contributed by atoms with E-state index in [-0.39, 0.29) is 18.9 Å². The molecule has 0 spiro atoms. The average Bonchev–Trinajstić information content (AvgIpc) is 2.61. The summed E-state index contributed by atoms with van der Waals surface area (Å²) in [4.78, 5) is 35.0. The minimum absolute atomic E-state index is 0.183. The third kappa shape index (κ3) is 6.87. The van der Waals surface area contributed by atoms with Gasteiger partial charge in [0.25, 0.3) is 5.91 Å². The fourth-order valence-corrected chi connectivity index (χ4v) is 2.05. The smallest absolute Gasteiger partial charge is 0.325 e. The predicted octanol–water partition coefficient (Wildman–Crippen LogP) is 1.84. The normalized spacial score (nSPS) is 9.96. The number of anilines is 1. The lowest BCUT2D eigenvalue weighted by molar-refractivity contribution is -0.147. The van der Waals surface area contributed by atoms with Crippen LogP contribution >= 0.6 is 0 Å². The maximum atomic E-state index is 11.7. The lowest BCUT2D eigenvalue weighted by Gasteiger charge is -2.08. The van der Waals surface area contributed by atoms with E-state index in [2.05, 4.69) is 10.6 Å². The van der Waals surface area contributed by atoms with Crippen molar-refractivity contribution in [1.82, 2.24) is 5.32 Å². The van der Waals surface area contributed by atoms with E-state index in [1.54, 1.807) is 12.1 Å². The Morgan fingerprint density at radius 1 is 0.920 bits per heavy atom. The van der Waals surface area contributed by atoms with Gasteiger partial charge in [-0.1, -0.05) is 48.0 Å². The second-order valence-corrected chi connectivity index (χ2v) is 5.51. The third-order valence-electron chi connectivity index (χ3n) is 3.34. The van der Waals surface area contributed by atoms with E-state index in [4.69, 9.17) is 4.74 Å². The molecule has 6 heteroatoms. The third-order valence-corrected chi connectivity index (χ3v) is 3.34. The Hall–Kier alpha value is -3.15. The number of nitrogens with one attached hydrogen (secondary N) is 2. The zero-order valence-corrected chi connectivity index (χ0v) is 14.0. The molecule has 0 aliphatic rings. The van der Waals surface area contributed by atoms with Crippen molar-refractivity contribution in [1.29, 1.82) is 0 Å². The van der Waals surface area contributed by atoms with Crippen molar-refractivity contribution in [3.63, 3.8) is 0 Å². The first kappa shape index (κ1) is 18.2. The average molecular weight is 340 g/mol. The van der Waals surface area contributed by atoms with E-state index in [0.29, 0.717) is 5.69 Å². The number of esters is 1. The summed E-state index contributed by atoms with van der Waals surface area (Å²) in [7, 11) is 0. The number of carbonyl (C=O) groups excluding carboxylic acids is 3. The lowest BCUT2D eigenvalue weighted by atomic mass is 10.1. The van der Waals surface area contributed by atoms with Crippen LogP contribution < -0.4 is 10.6 Å². The number of benzene rings is 2. The van der Waals surface area contributed by atoms with E-state index in [0.717, 1.165) is 11.1 Å². The Balaban J connectivity index is 1.65. The lowest BCUT2D eigenvalue weighted by Crippen LogP contribution is -2.33. The van der Waals surface area contributed by atoms with Gasteiger partial charge in [-0.15, -0.1) is 0 Å². The van der Waals surface area contributed by atoms with Gasteiger partial charge in [0.1, 0.15) is 6.54 Å². The van der Waals surface area contributed by atoms with Crippen LogP contribution in [0.15, 0.2) is 54.6 Å². The van der Waals surface area contributed by atoms with Crippen LogP contribution in [0.1, 0.15) is 11.1 Å². The molecular weight excluding hydrogens is 320 g/mol. The number of hydrogen-bond donors (Lipinski definition) is 2. The highest BCUT2D eigenvalue weighted by atomic mass is 16.5. The molecule has 130 valence electrons. The van der Waals surface area contributed by atoms with Crippen LogP contribution in [0.4, 0.5) is 5.69 Å². The molecule has 2 rings (SSSR count). The van der Waals surface area contributed by atoms with Crippen LogP contribution in [0, 0.1) is 6.92 Å². The van der Waals surface area contributed by atoms with E-state index >= 15 is 0 Å². The fourth-order valence-electron chi connectivity index (χ4n) is 2.05. The van der Waals surface area contributed by atoms with Crippen molar-refractivity contribution in [2.75, 3.05) is 18.5 Å². The molecule has 2 N–H and O–H groups in total. The van der Waals surface area contributed by atoms with Crippen molar-refractivity contribution < 1.29 is 19.1 Å². The molecule has 2 amide bonds. The van der Waals surface area contributed by atoms with Crippen LogP contribution in [-0.2, 0) is 25.5 Å². The minimum Gasteiger partial charge on any atom is -0.454 e. The molecule has 6 nitrogen and oxygen atoms in total. The number of rotatable bonds is 7. The van der Waals surface area contributed by atoms with Gasteiger partial charge in [0, 0.05) is 5.69 Å². The highest BCUT2D eigenvalue weighted by molar-refractivity contribution is 5.93. The van der Waals surface area contributed by atoms with Gasteiger partial charge in [-0.3, -0.25) is 14.4 Å². The van der Waals surface area contributed by atoms with Crippen molar-refractivity contribution in [2.45, 2.75) is 13.3 Å². The van der Waals surface area contributed by atoms with Gasteiger partial charge >= 0.3 is 5.97 Å². The summed E-state index contributed by atoms with van der Waals surface area (Å²) in [5.41, 5.74) is 2.56. The van der Waals surface area contributed by atoms with E-state index in [1.165, 1.54) is 0 Å². The van der Waals surface area contributed by atoms with Crippen LogP contribution in [0.2, 0.25) is 0 Å². The van der Waals surface area contributed by atoms with Gasteiger partial charge in [0.05, 0.1) is 6.42 Å². The summed E-state index contributed by atoms with van der Waals surface area (Å²) in [5, 5.41) is 5.08. The van der Waals surface area contributed by atoms with E-state index < -0.39 is 18.5 Å². The second-order valence-electron chi connectivity index (χ2n) is 5.51. The van der Waals surface area contributed by atoms with Gasteiger partial charge in [-0.2, -0.15) is 0 Å². The highest BCUT2D eigenvalue weighted by Gasteiger charge is 2.10. The van der Waals surface area contributed by atoms with Crippen molar-refractivity contribution in [3.05, 3.63) is 65.7 Å². The molecule has 0 atom stereocenters. The number of ether oxygens (including phenoxy) is 1. The highest BCUT2D eigenvalue weighted by Crippen LogP contribution is 2.08. The van der Waals surface area contributed by atoms with E-state index in [1.807, 2.05) is 49.4 Å². The maximum Gasteiger partial charge on any atom is 0.325 e. The molecule has 0 fully saturated rings. The summed E-state index contributed by atoms with van der Waals surface area (Å²) in [6.07, 6.45) is 0.183. The van der Waals surface area contributed by atoms with Crippen molar-refractivity contribution in [2.24, 2.45) is 0 Å². The molecule has 0 aliphatic carbocycles. The van der Waals surface area contributed by atoms with Crippen LogP contribution in [0.3, 0.4) is 0 Å². The number of carbonyl (C=O) groups is 3. The Morgan fingerprint density at radius 2 is 1.60 bits per heavy atom. The van der Waals surface area contributed by atoms with Gasteiger partial charge in [-0.25, -0.2) is 0 Å². The Kier molecular flexibility index (Phi) is 6.71. The zero-order chi connectivity index (χ0) is 18.1. The quantitative estimate of drug-likeness (QED) is 0.753. The summed E-state index contributed by atoms with van der Waals surface area (Å²) < 4.78 is 4.83. The van der Waals surface area contributed by atoms with Gasteiger partial charge < -0.3 is 15.4 Å². The van der Waals surface area contributed by atoms with Crippen LogP contribution in [0.5, 0.6) is 0 Å². The molecule has 0 radical (unpaired) electrons. The molecule has 0 bridgehead atoms. The van der Waals surface area contributed by atoms with E-state index in [9.17, 15) is 14.4 Å². The molecule has 0 unspecified atom stereocenters. The first-order chi connectivity index (χ1) is 12.0. The Bertz CT molecular complexity index is 727. The van der Waals surface area contributed by atoms with Gasteiger partial charge in [0.15, 0.2) is 6.61 Å². The summed E-state index contributed by atoms with van der Waals surface area (Å²) in [5.74, 6) is -1.39. The molecule has 0 aliphatic heterocycles. The summed E-state index contributed by atoms with van der Waals surface area (Å²) >= 11 is 0.